The number of rotatable bonds is 5. The van der Waals surface area contributed by atoms with E-state index in [-0.39, 0.29) is 23.8 Å². The lowest BCUT2D eigenvalue weighted by molar-refractivity contribution is -0.122. The van der Waals surface area contributed by atoms with Crippen LogP contribution in [0.3, 0.4) is 0 Å². The standard InChI is InChI=1S/C20H14FN3O3S/c21-16-6-4-13(5-7-16)11-17-19(26)24(20(27)28-17)9-8-23-18(25)15-3-1-2-14(10-15)12-22/h1-7,10-11H,8-9H2,(H,23,25)/b17-11-. The molecule has 0 bridgehead atoms. The minimum atomic E-state index is -0.458. The molecule has 1 aliphatic rings. The van der Waals surface area contributed by atoms with Crippen LogP contribution in [0.4, 0.5) is 9.18 Å². The largest absolute Gasteiger partial charge is 0.350 e. The van der Waals surface area contributed by atoms with Crippen molar-refractivity contribution in [3.05, 3.63) is 75.9 Å². The number of amides is 3. The molecule has 3 rings (SSSR count). The normalized spacial score (nSPS) is 15.0. The van der Waals surface area contributed by atoms with Gasteiger partial charge in [0.05, 0.1) is 16.5 Å². The second kappa shape index (κ2) is 8.50. The molecule has 1 N–H and O–H groups in total. The number of nitrogens with zero attached hydrogens (tertiary/aromatic N) is 2. The lowest BCUT2D eigenvalue weighted by atomic mass is 10.1. The van der Waals surface area contributed by atoms with Crippen LogP contribution in [0.15, 0.2) is 53.4 Å². The van der Waals surface area contributed by atoms with Crippen LogP contribution < -0.4 is 5.32 Å². The Kier molecular flexibility index (Phi) is 5.87. The summed E-state index contributed by atoms with van der Waals surface area (Å²) in [5.74, 6) is -1.24. The zero-order chi connectivity index (χ0) is 20.1. The van der Waals surface area contributed by atoms with Crippen LogP contribution in [0.2, 0.25) is 0 Å². The average Bonchev–Trinajstić information content (AvgIpc) is 2.97. The smallest absolute Gasteiger partial charge is 0.293 e. The van der Waals surface area contributed by atoms with E-state index in [1.54, 1.807) is 18.2 Å². The van der Waals surface area contributed by atoms with Crippen molar-refractivity contribution in [1.29, 1.82) is 5.26 Å². The lowest BCUT2D eigenvalue weighted by Crippen LogP contribution is -2.37. The van der Waals surface area contributed by atoms with Crippen LogP contribution in [0.1, 0.15) is 21.5 Å². The predicted molar refractivity (Wildman–Crippen MR) is 103 cm³/mol. The van der Waals surface area contributed by atoms with Crippen LogP contribution in [0.25, 0.3) is 6.08 Å². The summed E-state index contributed by atoms with van der Waals surface area (Å²) in [6.07, 6.45) is 1.52. The van der Waals surface area contributed by atoms with Gasteiger partial charge in [0, 0.05) is 18.7 Å². The molecular weight excluding hydrogens is 381 g/mol. The van der Waals surface area contributed by atoms with Crippen LogP contribution in [-0.2, 0) is 4.79 Å². The Morgan fingerprint density at radius 2 is 1.96 bits per heavy atom. The molecule has 0 saturated carbocycles. The first-order valence-electron chi connectivity index (χ1n) is 8.27. The molecule has 6 nitrogen and oxygen atoms in total. The van der Waals surface area contributed by atoms with Crippen molar-refractivity contribution in [2.45, 2.75) is 0 Å². The summed E-state index contributed by atoms with van der Waals surface area (Å²) in [7, 11) is 0. The molecule has 0 aromatic heterocycles. The van der Waals surface area contributed by atoms with E-state index in [2.05, 4.69) is 5.32 Å². The summed E-state index contributed by atoms with van der Waals surface area (Å²) in [4.78, 5) is 37.9. The van der Waals surface area contributed by atoms with Crippen LogP contribution >= 0.6 is 11.8 Å². The lowest BCUT2D eigenvalue weighted by Gasteiger charge is -2.13. The molecule has 2 aromatic carbocycles. The second-order valence-corrected chi connectivity index (χ2v) is 6.83. The number of hydrogen-bond donors (Lipinski definition) is 1. The molecule has 0 spiro atoms. The summed E-state index contributed by atoms with van der Waals surface area (Å²) in [5.41, 5.74) is 1.30. The molecule has 2 aromatic rings. The first-order chi connectivity index (χ1) is 13.5. The zero-order valence-corrected chi connectivity index (χ0v) is 15.3. The Morgan fingerprint density at radius 3 is 2.68 bits per heavy atom. The highest BCUT2D eigenvalue weighted by molar-refractivity contribution is 8.18. The van der Waals surface area contributed by atoms with Gasteiger partial charge in [0.15, 0.2) is 0 Å². The molecule has 1 aliphatic heterocycles. The molecule has 140 valence electrons. The Bertz CT molecular complexity index is 1010. The van der Waals surface area contributed by atoms with Crippen molar-refractivity contribution >= 4 is 34.9 Å². The van der Waals surface area contributed by atoms with E-state index in [4.69, 9.17) is 5.26 Å². The number of halogens is 1. The molecule has 1 fully saturated rings. The summed E-state index contributed by atoms with van der Waals surface area (Å²) in [6.45, 7) is 0.104. The predicted octanol–water partition coefficient (Wildman–Crippen LogP) is 3.16. The van der Waals surface area contributed by atoms with Gasteiger partial charge in [0.1, 0.15) is 5.82 Å². The van der Waals surface area contributed by atoms with Crippen LogP contribution in [-0.4, -0.2) is 35.0 Å². The fraction of sp³-hybridized carbons (Fsp3) is 0.100. The molecule has 28 heavy (non-hydrogen) atoms. The molecular formula is C20H14FN3O3S. The molecule has 0 radical (unpaired) electrons. The van der Waals surface area contributed by atoms with Gasteiger partial charge in [-0.05, 0) is 53.7 Å². The van der Waals surface area contributed by atoms with Gasteiger partial charge >= 0.3 is 0 Å². The number of hydrogen-bond acceptors (Lipinski definition) is 5. The van der Waals surface area contributed by atoms with E-state index in [1.807, 2.05) is 6.07 Å². The number of benzene rings is 2. The summed E-state index contributed by atoms with van der Waals surface area (Å²) < 4.78 is 13.0. The van der Waals surface area contributed by atoms with E-state index in [0.29, 0.717) is 16.7 Å². The third-order valence-corrected chi connectivity index (χ3v) is 4.82. The number of thioether (sulfide) groups is 1. The molecule has 0 aliphatic carbocycles. The Morgan fingerprint density at radius 1 is 1.21 bits per heavy atom. The molecule has 8 heteroatoms. The van der Waals surface area contributed by atoms with Gasteiger partial charge in [-0.3, -0.25) is 19.3 Å². The summed E-state index contributed by atoms with van der Waals surface area (Å²) >= 11 is 0.797. The highest BCUT2D eigenvalue weighted by Crippen LogP contribution is 2.31. The SMILES string of the molecule is N#Cc1cccc(C(=O)NCCN2C(=O)S/C(=C\c3ccc(F)cc3)C2=O)c1. The van der Waals surface area contributed by atoms with Gasteiger partial charge in [-0.1, -0.05) is 18.2 Å². The van der Waals surface area contributed by atoms with Crippen LogP contribution in [0, 0.1) is 17.1 Å². The molecule has 0 atom stereocenters. The quantitative estimate of drug-likeness (QED) is 0.786. The highest BCUT2D eigenvalue weighted by atomic mass is 32.2. The minimum absolute atomic E-state index is 0.0229. The Hall–Kier alpha value is -3.44. The monoisotopic (exact) mass is 395 g/mol. The summed E-state index contributed by atoms with van der Waals surface area (Å²) in [5, 5.41) is 11.1. The van der Waals surface area contributed by atoms with Crippen LogP contribution in [0.5, 0.6) is 0 Å². The van der Waals surface area contributed by atoms with E-state index in [9.17, 15) is 18.8 Å². The zero-order valence-electron chi connectivity index (χ0n) is 14.5. The van der Waals surface area contributed by atoms with Gasteiger partial charge in [-0.25, -0.2) is 4.39 Å². The van der Waals surface area contributed by atoms with Gasteiger partial charge in [-0.2, -0.15) is 5.26 Å². The molecule has 0 unspecified atom stereocenters. The van der Waals surface area contributed by atoms with Crippen molar-refractivity contribution in [3.63, 3.8) is 0 Å². The molecule has 1 saturated heterocycles. The maximum absolute atomic E-state index is 13.0. The van der Waals surface area contributed by atoms with Gasteiger partial charge in [-0.15, -0.1) is 0 Å². The van der Waals surface area contributed by atoms with Crippen molar-refractivity contribution in [3.8, 4) is 6.07 Å². The highest BCUT2D eigenvalue weighted by Gasteiger charge is 2.34. The topological polar surface area (TPSA) is 90.3 Å². The van der Waals surface area contributed by atoms with Crippen molar-refractivity contribution in [2.75, 3.05) is 13.1 Å². The van der Waals surface area contributed by atoms with Gasteiger partial charge in [0.25, 0.3) is 17.1 Å². The van der Waals surface area contributed by atoms with E-state index in [0.717, 1.165) is 16.7 Å². The number of carbonyl (C=O) groups is 3. The second-order valence-electron chi connectivity index (χ2n) is 5.83. The first-order valence-corrected chi connectivity index (χ1v) is 9.09. The minimum Gasteiger partial charge on any atom is -0.350 e. The van der Waals surface area contributed by atoms with E-state index >= 15 is 0 Å². The maximum atomic E-state index is 13.0. The third kappa shape index (κ3) is 4.45. The van der Waals surface area contributed by atoms with E-state index < -0.39 is 17.1 Å². The fourth-order valence-electron chi connectivity index (χ4n) is 2.52. The Labute approximate surface area is 164 Å². The first kappa shape index (κ1) is 19.3. The third-order valence-electron chi connectivity index (χ3n) is 3.92. The summed E-state index contributed by atoms with van der Waals surface area (Å²) in [6, 6.07) is 13.7. The number of nitriles is 1. The van der Waals surface area contributed by atoms with Crippen molar-refractivity contribution in [2.24, 2.45) is 0 Å². The molecule has 3 amide bonds. The number of imide groups is 1. The van der Waals surface area contributed by atoms with Gasteiger partial charge in [0.2, 0.25) is 0 Å². The average molecular weight is 395 g/mol. The van der Waals surface area contributed by atoms with Gasteiger partial charge < -0.3 is 5.32 Å². The number of carbonyl (C=O) groups excluding carboxylic acids is 3. The maximum Gasteiger partial charge on any atom is 0.293 e. The number of nitrogens with one attached hydrogen (secondary N) is 1. The van der Waals surface area contributed by atoms with E-state index in [1.165, 1.54) is 36.4 Å². The van der Waals surface area contributed by atoms with Crippen molar-refractivity contribution < 1.29 is 18.8 Å². The Balaban J connectivity index is 1.59. The fourth-order valence-corrected chi connectivity index (χ4v) is 3.38. The molecule has 1 heterocycles. The van der Waals surface area contributed by atoms with Crippen molar-refractivity contribution in [1.82, 2.24) is 10.2 Å².